The summed E-state index contributed by atoms with van der Waals surface area (Å²) in [5.41, 5.74) is 5.53. The van der Waals surface area contributed by atoms with Gasteiger partial charge in [0.15, 0.2) is 0 Å². The number of aromatic nitrogens is 3. The van der Waals surface area contributed by atoms with Crippen LogP contribution in [0.4, 0.5) is 26.3 Å². The molecule has 4 aromatic rings. The van der Waals surface area contributed by atoms with Crippen LogP contribution in [0.2, 0.25) is 0 Å². The lowest BCUT2D eigenvalue weighted by atomic mass is 9.92. The minimum atomic E-state index is -5.08. The lowest BCUT2D eigenvalue weighted by Crippen LogP contribution is -2.32. The molecule has 15 heteroatoms. The van der Waals surface area contributed by atoms with Gasteiger partial charge in [-0.2, -0.15) is 26.3 Å². The minimum Gasteiger partial charge on any atom is -0.475 e. The fraction of sp³-hybridized carbons (Fsp3) is 0.357. The highest BCUT2D eigenvalue weighted by molar-refractivity contribution is 7.11. The van der Waals surface area contributed by atoms with E-state index in [-0.39, 0.29) is 0 Å². The van der Waals surface area contributed by atoms with Crippen molar-refractivity contribution in [1.82, 2.24) is 19.4 Å². The Morgan fingerprint density at radius 1 is 0.953 bits per heavy atom. The predicted octanol–water partition coefficient (Wildman–Crippen LogP) is 6.65. The van der Waals surface area contributed by atoms with Crippen LogP contribution in [0.1, 0.15) is 34.2 Å². The van der Waals surface area contributed by atoms with Gasteiger partial charge in [-0.15, -0.1) is 11.3 Å². The molecule has 1 aliphatic rings. The largest absolute Gasteiger partial charge is 0.490 e. The van der Waals surface area contributed by atoms with E-state index in [1.54, 1.807) is 0 Å². The average molecular weight is 631 g/mol. The molecule has 4 heterocycles. The summed E-state index contributed by atoms with van der Waals surface area (Å²) in [5.74, 6) is -5.00. The Balaban J connectivity index is 0.000000303. The van der Waals surface area contributed by atoms with Crippen molar-refractivity contribution in [3.05, 3.63) is 70.3 Å². The summed E-state index contributed by atoms with van der Waals surface area (Å²) in [4.78, 5) is 33.0. The molecule has 2 N–H and O–H groups in total. The molecule has 1 aromatic carbocycles. The Bertz CT molecular complexity index is 1500. The lowest BCUT2D eigenvalue weighted by molar-refractivity contribution is -0.193. The van der Waals surface area contributed by atoms with E-state index in [1.807, 2.05) is 23.7 Å². The Labute approximate surface area is 246 Å². The molecule has 5 rings (SSSR count). The maximum absolute atomic E-state index is 10.6. The van der Waals surface area contributed by atoms with Crippen LogP contribution in [-0.2, 0) is 23.2 Å². The SMILES string of the molecule is Cc1ccc(CN2CCC(c3cc4c(ncn4C)c(-c4ccccc4)n3)CC2)s1.O=C(O)C(F)(F)F.O=C(O)C(F)(F)F. The Kier molecular flexibility index (Phi) is 10.9. The molecular formula is C28H28F6N4O4S. The molecule has 0 bridgehead atoms. The number of rotatable bonds is 4. The minimum absolute atomic E-state index is 0.512. The van der Waals surface area contributed by atoms with Gasteiger partial charge in [-0.1, -0.05) is 30.3 Å². The first-order chi connectivity index (χ1) is 20.1. The lowest BCUT2D eigenvalue weighted by Gasteiger charge is -2.31. The smallest absolute Gasteiger partial charge is 0.475 e. The number of alkyl halides is 6. The molecule has 0 amide bonds. The number of benzene rings is 1. The molecule has 0 saturated carbocycles. The predicted molar refractivity (Wildman–Crippen MR) is 148 cm³/mol. The average Bonchev–Trinajstić information content (AvgIpc) is 3.53. The van der Waals surface area contributed by atoms with E-state index in [1.165, 1.54) is 21.0 Å². The Morgan fingerprint density at radius 2 is 1.51 bits per heavy atom. The maximum Gasteiger partial charge on any atom is 0.490 e. The number of carbonyl (C=O) groups is 2. The van der Waals surface area contributed by atoms with Crippen LogP contribution in [0.25, 0.3) is 22.3 Å². The number of hydrogen-bond acceptors (Lipinski definition) is 6. The van der Waals surface area contributed by atoms with Crippen molar-refractivity contribution in [2.75, 3.05) is 13.1 Å². The normalized spacial score (nSPS) is 14.4. The van der Waals surface area contributed by atoms with Crippen LogP contribution < -0.4 is 0 Å². The highest BCUT2D eigenvalue weighted by Crippen LogP contribution is 2.33. The molecule has 1 fully saturated rings. The molecule has 0 atom stereocenters. The number of fused-ring (bicyclic) bond motifs is 1. The number of pyridine rings is 1. The number of halogens is 6. The first kappa shape index (κ1) is 33.5. The van der Waals surface area contributed by atoms with E-state index < -0.39 is 24.3 Å². The van der Waals surface area contributed by atoms with Crippen LogP contribution in [-0.4, -0.2) is 67.0 Å². The second kappa shape index (κ2) is 14.0. The zero-order valence-corrected chi connectivity index (χ0v) is 23.8. The second-order valence-corrected chi connectivity index (χ2v) is 11.0. The molecule has 3 aromatic heterocycles. The first-order valence-electron chi connectivity index (χ1n) is 12.8. The van der Waals surface area contributed by atoms with Crippen molar-refractivity contribution in [2.24, 2.45) is 7.05 Å². The molecule has 43 heavy (non-hydrogen) atoms. The number of likely N-dealkylation sites (tertiary alicyclic amines) is 1. The van der Waals surface area contributed by atoms with Crippen LogP contribution >= 0.6 is 11.3 Å². The molecular weight excluding hydrogens is 602 g/mol. The van der Waals surface area contributed by atoms with Gasteiger partial charge in [0.1, 0.15) is 5.52 Å². The van der Waals surface area contributed by atoms with Gasteiger partial charge in [0.2, 0.25) is 0 Å². The number of nitrogens with zero attached hydrogens (tertiary/aromatic N) is 4. The van der Waals surface area contributed by atoms with Crippen molar-refractivity contribution >= 4 is 34.3 Å². The third-order valence-corrected chi connectivity index (χ3v) is 7.43. The quantitative estimate of drug-likeness (QED) is 0.243. The topological polar surface area (TPSA) is 109 Å². The second-order valence-electron chi connectivity index (χ2n) is 9.65. The highest BCUT2D eigenvalue weighted by atomic mass is 32.1. The van der Waals surface area contributed by atoms with Gasteiger partial charge in [0.25, 0.3) is 0 Å². The molecule has 0 aliphatic carbocycles. The van der Waals surface area contributed by atoms with Gasteiger partial charge in [0, 0.05) is 40.5 Å². The van der Waals surface area contributed by atoms with E-state index >= 15 is 0 Å². The summed E-state index contributed by atoms with van der Waals surface area (Å²) >= 11 is 1.92. The van der Waals surface area contributed by atoms with Crippen molar-refractivity contribution in [3.8, 4) is 11.3 Å². The van der Waals surface area contributed by atoms with Crippen LogP contribution in [0.15, 0.2) is 54.9 Å². The summed E-state index contributed by atoms with van der Waals surface area (Å²) in [6.45, 7) is 5.53. The monoisotopic (exact) mass is 630 g/mol. The zero-order valence-electron chi connectivity index (χ0n) is 23.0. The molecule has 1 saturated heterocycles. The van der Waals surface area contributed by atoms with E-state index in [2.05, 4.69) is 70.9 Å². The molecule has 8 nitrogen and oxygen atoms in total. The van der Waals surface area contributed by atoms with Crippen LogP contribution in [0.3, 0.4) is 0 Å². The summed E-state index contributed by atoms with van der Waals surface area (Å²) < 4.78 is 65.6. The zero-order chi connectivity index (χ0) is 31.9. The van der Waals surface area contributed by atoms with Crippen molar-refractivity contribution in [2.45, 2.75) is 44.6 Å². The maximum atomic E-state index is 10.6. The van der Waals surface area contributed by atoms with E-state index in [4.69, 9.17) is 24.8 Å². The fourth-order valence-electron chi connectivity index (χ4n) is 4.33. The molecule has 232 valence electrons. The van der Waals surface area contributed by atoms with Crippen LogP contribution in [0.5, 0.6) is 0 Å². The van der Waals surface area contributed by atoms with Crippen molar-refractivity contribution in [1.29, 1.82) is 0 Å². The number of hydrogen-bond donors (Lipinski definition) is 2. The third kappa shape index (κ3) is 9.51. The molecule has 0 radical (unpaired) electrons. The van der Waals surface area contributed by atoms with Gasteiger partial charge in [0.05, 0.1) is 17.5 Å². The standard InChI is InChI=1S/C24H26N4S.2C2HF3O2/c1-17-8-9-20(29-17)15-28-12-10-18(11-13-28)21-14-22-24(25-16-27(22)2)23(26-21)19-6-4-3-5-7-19;2*3-2(4,5)1(6)7/h3-9,14,16,18H,10-13,15H2,1-2H3;2*(H,6,7). The van der Waals surface area contributed by atoms with E-state index in [0.29, 0.717) is 5.92 Å². The fourth-order valence-corrected chi connectivity index (χ4v) is 5.26. The van der Waals surface area contributed by atoms with Gasteiger partial charge in [-0.25, -0.2) is 14.6 Å². The molecule has 0 unspecified atom stereocenters. The van der Waals surface area contributed by atoms with Gasteiger partial charge < -0.3 is 14.8 Å². The van der Waals surface area contributed by atoms with Gasteiger partial charge in [-0.3, -0.25) is 9.88 Å². The summed E-state index contributed by atoms with van der Waals surface area (Å²) in [5, 5.41) is 14.2. The number of carboxylic acid groups (broad SMARTS) is 2. The highest BCUT2D eigenvalue weighted by Gasteiger charge is 2.38. The number of carboxylic acids is 2. The number of thiophene rings is 1. The number of imidazole rings is 1. The van der Waals surface area contributed by atoms with Crippen LogP contribution in [0, 0.1) is 6.92 Å². The molecule has 1 aliphatic heterocycles. The van der Waals surface area contributed by atoms with Crippen molar-refractivity contribution < 1.29 is 46.1 Å². The van der Waals surface area contributed by atoms with E-state index in [0.717, 1.165) is 49.2 Å². The summed E-state index contributed by atoms with van der Waals surface area (Å²) in [6, 6.07) is 17.2. The Hall–Kier alpha value is -3.98. The third-order valence-electron chi connectivity index (χ3n) is 6.45. The van der Waals surface area contributed by atoms with Crippen molar-refractivity contribution in [3.63, 3.8) is 0 Å². The Morgan fingerprint density at radius 3 is 2.00 bits per heavy atom. The number of aryl methyl sites for hydroxylation is 2. The summed E-state index contributed by atoms with van der Waals surface area (Å²) in [6.07, 6.45) is -5.95. The first-order valence-corrected chi connectivity index (χ1v) is 13.6. The number of aliphatic carboxylic acids is 2. The number of piperidine rings is 1. The van der Waals surface area contributed by atoms with Gasteiger partial charge >= 0.3 is 24.3 Å². The molecule has 0 spiro atoms. The van der Waals surface area contributed by atoms with Gasteiger partial charge in [-0.05, 0) is 51.1 Å². The summed E-state index contributed by atoms with van der Waals surface area (Å²) in [7, 11) is 2.07. The van der Waals surface area contributed by atoms with E-state index in [9.17, 15) is 26.3 Å².